The van der Waals surface area contributed by atoms with Gasteiger partial charge in [-0.1, -0.05) is 59.0 Å². The highest BCUT2D eigenvalue weighted by Crippen LogP contribution is 2.38. The third-order valence-corrected chi connectivity index (χ3v) is 4.66. The number of nitrogens with two attached hydrogens (primary N) is 1. The minimum Gasteiger partial charge on any atom is -0.489 e. The number of ether oxygens (including phenoxy) is 1. The summed E-state index contributed by atoms with van der Waals surface area (Å²) in [5, 5.41) is 4.41. The molecule has 0 saturated heterocycles. The first-order valence-corrected chi connectivity index (χ1v) is 8.85. The van der Waals surface area contributed by atoms with E-state index in [0.29, 0.717) is 29.1 Å². The summed E-state index contributed by atoms with van der Waals surface area (Å²) in [6.07, 6.45) is 0. The van der Waals surface area contributed by atoms with Crippen LogP contribution in [0.15, 0.2) is 59.1 Å². The van der Waals surface area contributed by atoms with Gasteiger partial charge in [0.05, 0.1) is 4.88 Å². The number of aromatic nitrogens is 3. The average molecular weight is 364 g/mol. The van der Waals surface area contributed by atoms with Gasteiger partial charge in [-0.2, -0.15) is 4.98 Å². The summed E-state index contributed by atoms with van der Waals surface area (Å²) in [4.78, 5) is 9.51. The maximum Gasteiger partial charge on any atom is 0.223 e. The summed E-state index contributed by atoms with van der Waals surface area (Å²) in [5.74, 6) is 1.69. The maximum atomic E-state index is 5.92. The molecule has 2 aromatic carbocycles. The van der Waals surface area contributed by atoms with E-state index in [-0.39, 0.29) is 0 Å². The second-order valence-electron chi connectivity index (χ2n) is 5.67. The summed E-state index contributed by atoms with van der Waals surface area (Å²) in [6.45, 7) is 2.25. The fraction of sp³-hybridized carbons (Fsp3) is 0.105. The Labute approximate surface area is 154 Å². The van der Waals surface area contributed by atoms with Gasteiger partial charge in [0.25, 0.3) is 0 Å². The second-order valence-corrected chi connectivity index (χ2v) is 6.70. The van der Waals surface area contributed by atoms with E-state index < -0.39 is 0 Å². The van der Waals surface area contributed by atoms with Gasteiger partial charge in [-0.25, -0.2) is 4.98 Å². The molecule has 0 saturated carbocycles. The van der Waals surface area contributed by atoms with E-state index in [1.54, 1.807) is 6.92 Å². The molecular weight excluding hydrogens is 348 g/mol. The van der Waals surface area contributed by atoms with Crippen LogP contribution in [0.2, 0.25) is 0 Å². The van der Waals surface area contributed by atoms with E-state index in [9.17, 15) is 0 Å². The number of aryl methyl sites for hydroxylation is 1. The highest BCUT2D eigenvalue weighted by Gasteiger charge is 2.18. The van der Waals surface area contributed by atoms with Crippen molar-refractivity contribution in [3.05, 3.63) is 66.1 Å². The average Bonchev–Trinajstić information content (AvgIpc) is 3.27. The van der Waals surface area contributed by atoms with Gasteiger partial charge in [-0.3, -0.25) is 0 Å². The Morgan fingerprint density at radius 3 is 2.69 bits per heavy atom. The number of thiazole rings is 1. The van der Waals surface area contributed by atoms with Crippen LogP contribution in [0, 0.1) is 6.92 Å². The molecule has 26 heavy (non-hydrogen) atoms. The molecule has 0 bridgehead atoms. The lowest BCUT2D eigenvalue weighted by molar-refractivity contribution is 0.306. The number of anilines is 1. The van der Waals surface area contributed by atoms with Crippen molar-refractivity contribution in [1.82, 2.24) is 15.1 Å². The first-order valence-electron chi connectivity index (χ1n) is 8.03. The number of rotatable bonds is 5. The number of benzene rings is 2. The molecule has 0 unspecified atom stereocenters. The first kappa shape index (κ1) is 16.3. The van der Waals surface area contributed by atoms with Gasteiger partial charge in [0.1, 0.15) is 18.1 Å². The van der Waals surface area contributed by atoms with Gasteiger partial charge in [0, 0.05) is 6.92 Å². The highest BCUT2D eigenvalue weighted by atomic mass is 32.1. The summed E-state index contributed by atoms with van der Waals surface area (Å²) in [7, 11) is 0. The summed E-state index contributed by atoms with van der Waals surface area (Å²) in [6, 6.07) is 17.9. The molecule has 0 aliphatic carbocycles. The molecule has 4 rings (SSSR count). The molecular formula is C19H16N4O2S. The van der Waals surface area contributed by atoms with Crippen molar-refractivity contribution in [2.45, 2.75) is 13.5 Å². The fourth-order valence-electron chi connectivity index (χ4n) is 2.55. The first-order chi connectivity index (χ1) is 12.7. The largest absolute Gasteiger partial charge is 0.489 e. The second kappa shape index (κ2) is 6.97. The fourth-order valence-corrected chi connectivity index (χ4v) is 3.37. The van der Waals surface area contributed by atoms with Crippen LogP contribution in [0.4, 0.5) is 5.13 Å². The van der Waals surface area contributed by atoms with Gasteiger partial charge in [0.2, 0.25) is 11.7 Å². The van der Waals surface area contributed by atoms with Crippen molar-refractivity contribution in [3.8, 4) is 27.7 Å². The SMILES string of the molecule is Cc1nc(-c2nc(N)sc2-c2cccc(OCc3ccccc3)c2)no1. The molecule has 0 aliphatic heterocycles. The van der Waals surface area contributed by atoms with Crippen molar-refractivity contribution in [1.29, 1.82) is 0 Å². The van der Waals surface area contributed by atoms with E-state index in [1.165, 1.54) is 11.3 Å². The normalized spacial score (nSPS) is 10.8. The third kappa shape index (κ3) is 3.43. The number of nitrogen functional groups attached to an aromatic ring is 1. The smallest absolute Gasteiger partial charge is 0.223 e. The lowest BCUT2D eigenvalue weighted by Crippen LogP contribution is -1.95. The van der Waals surface area contributed by atoms with Crippen molar-refractivity contribution in [3.63, 3.8) is 0 Å². The molecule has 0 radical (unpaired) electrons. The quantitative estimate of drug-likeness (QED) is 0.567. The number of hydrogen-bond donors (Lipinski definition) is 1. The predicted molar refractivity (Wildman–Crippen MR) is 101 cm³/mol. The standard InChI is InChI=1S/C19H16N4O2S/c1-12-21-18(23-25-12)16-17(26-19(20)22-16)14-8-5-9-15(10-14)24-11-13-6-3-2-4-7-13/h2-10H,11H2,1H3,(H2,20,22). The summed E-state index contributed by atoms with van der Waals surface area (Å²) < 4.78 is 11.0. The Bertz CT molecular complexity index is 1030. The minimum absolute atomic E-state index is 0.432. The molecule has 0 atom stereocenters. The van der Waals surface area contributed by atoms with Crippen LogP contribution in [-0.4, -0.2) is 15.1 Å². The predicted octanol–water partition coefficient (Wildman–Crippen LogP) is 4.33. The zero-order valence-electron chi connectivity index (χ0n) is 14.0. The number of hydrogen-bond acceptors (Lipinski definition) is 7. The summed E-state index contributed by atoms with van der Waals surface area (Å²) in [5.41, 5.74) is 8.60. The Balaban J connectivity index is 1.63. The molecule has 0 fully saturated rings. The van der Waals surface area contributed by atoms with Gasteiger partial charge in [-0.15, -0.1) is 0 Å². The van der Waals surface area contributed by atoms with Crippen molar-refractivity contribution >= 4 is 16.5 Å². The molecule has 7 heteroatoms. The van der Waals surface area contributed by atoms with Gasteiger partial charge >= 0.3 is 0 Å². The molecule has 6 nitrogen and oxygen atoms in total. The lowest BCUT2D eigenvalue weighted by atomic mass is 10.1. The van der Waals surface area contributed by atoms with Gasteiger partial charge in [-0.05, 0) is 23.3 Å². The van der Waals surface area contributed by atoms with Crippen LogP contribution in [0.1, 0.15) is 11.5 Å². The molecule has 4 aromatic rings. The zero-order valence-corrected chi connectivity index (χ0v) is 14.9. The van der Waals surface area contributed by atoms with Crippen molar-refractivity contribution in [2.24, 2.45) is 0 Å². The van der Waals surface area contributed by atoms with E-state index in [4.69, 9.17) is 15.0 Å². The molecule has 2 heterocycles. The topological polar surface area (TPSA) is 87.1 Å². The molecule has 2 aromatic heterocycles. The van der Waals surface area contributed by atoms with E-state index >= 15 is 0 Å². The van der Waals surface area contributed by atoms with E-state index in [1.807, 2.05) is 54.6 Å². The zero-order chi connectivity index (χ0) is 17.9. The third-order valence-electron chi connectivity index (χ3n) is 3.73. The Kier molecular flexibility index (Phi) is 4.37. The molecule has 0 spiro atoms. The van der Waals surface area contributed by atoms with E-state index in [0.717, 1.165) is 21.8 Å². The van der Waals surface area contributed by atoms with Crippen LogP contribution in [0.25, 0.3) is 22.0 Å². The Hall–Kier alpha value is -3.19. The summed E-state index contributed by atoms with van der Waals surface area (Å²) >= 11 is 1.38. The Morgan fingerprint density at radius 1 is 1.08 bits per heavy atom. The van der Waals surface area contributed by atoms with Crippen LogP contribution < -0.4 is 10.5 Å². The molecule has 2 N–H and O–H groups in total. The van der Waals surface area contributed by atoms with Crippen LogP contribution in [0.5, 0.6) is 5.75 Å². The van der Waals surface area contributed by atoms with Gasteiger partial charge < -0.3 is 15.0 Å². The molecule has 0 amide bonds. The van der Waals surface area contributed by atoms with Crippen LogP contribution in [-0.2, 0) is 6.61 Å². The number of nitrogens with zero attached hydrogens (tertiary/aromatic N) is 3. The van der Waals surface area contributed by atoms with Gasteiger partial charge in [0.15, 0.2) is 5.13 Å². The van der Waals surface area contributed by atoms with Crippen LogP contribution >= 0.6 is 11.3 Å². The monoisotopic (exact) mass is 364 g/mol. The van der Waals surface area contributed by atoms with E-state index in [2.05, 4.69) is 15.1 Å². The lowest BCUT2D eigenvalue weighted by Gasteiger charge is -2.08. The van der Waals surface area contributed by atoms with Crippen molar-refractivity contribution in [2.75, 3.05) is 5.73 Å². The van der Waals surface area contributed by atoms with Crippen molar-refractivity contribution < 1.29 is 9.26 Å². The highest BCUT2D eigenvalue weighted by molar-refractivity contribution is 7.19. The van der Waals surface area contributed by atoms with Crippen LogP contribution in [0.3, 0.4) is 0 Å². The Morgan fingerprint density at radius 2 is 1.92 bits per heavy atom. The minimum atomic E-state index is 0.432. The molecule has 0 aliphatic rings. The molecule has 130 valence electrons. The maximum absolute atomic E-state index is 5.92.